The molecule has 1 aliphatic heterocycles. The topological polar surface area (TPSA) is 58.4 Å². The van der Waals surface area contributed by atoms with Crippen LogP contribution in [-0.2, 0) is 0 Å². The lowest BCUT2D eigenvalue weighted by Crippen LogP contribution is -2.46. The summed E-state index contributed by atoms with van der Waals surface area (Å²) in [7, 11) is 2.08. The fraction of sp³-hybridized carbons (Fsp3) is 0.500. The van der Waals surface area contributed by atoms with E-state index in [2.05, 4.69) is 17.3 Å². The summed E-state index contributed by atoms with van der Waals surface area (Å²) in [6.45, 7) is 3.94. The molecule has 4 nitrogen and oxygen atoms in total. The lowest BCUT2D eigenvalue weighted by molar-refractivity contribution is 0.0913. The van der Waals surface area contributed by atoms with E-state index in [0.29, 0.717) is 11.3 Å². The van der Waals surface area contributed by atoms with E-state index in [-0.39, 0.29) is 11.9 Å². The highest BCUT2D eigenvalue weighted by Gasteiger charge is 2.20. The first kappa shape index (κ1) is 12.9. The highest BCUT2D eigenvalue weighted by molar-refractivity contribution is 5.99. The zero-order valence-electron chi connectivity index (χ0n) is 11.1. The van der Waals surface area contributed by atoms with Crippen molar-refractivity contribution in [2.75, 3.05) is 25.9 Å². The molecule has 1 aromatic carbocycles. The smallest absolute Gasteiger partial charge is 0.253 e. The Hall–Kier alpha value is -1.55. The van der Waals surface area contributed by atoms with E-state index in [9.17, 15) is 4.79 Å². The number of nitrogen functional groups attached to an aromatic ring is 1. The molecule has 1 atom stereocenters. The quantitative estimate of drug-likeness (QED) is 0.777. The molecule has 0 radical (unpaired) electrons. The van der Waals surface area contributed by atoms with Crippen molar-refractivity contribution in [2.45, 2.75) is 25.8 Å². The number of rotatable bonds is 2. The minimum Gasteiger partial charge on any atom is -0.398 e. The minimum absolute atomic E-state index is 0.0588. The Balaban J connectivity index is 2.05. The summed E-state index contributed by atoms with van der Waals surface area (Å²) in [5.74, 6) is -0.0588. The highest BCUT2D eigenvalue weighted by atomic mass is 16.1. The normalized spacial score (nSPS) is 20.7. The number of hydrogen-bond donors (Lipinski definition) is 2. The lowest BCUT2D eigenvalue weighted by atomic mass is 10.0. The maximum atomic E-state index is 12.2. The van der Waals surface area contributed by atoms with E-state index in [0.717, 1.165) is 31.5 Å². The molecule has 1 aromatic rings. The van der Waals surface area contributed by atoms with Gasteiger partial charge in [0.25, 0.3) is 5.91 Å². The van der Waals surface area contributed by atoms with Gasteiger partial charge in [-0.3, -0.25) is 4.79 Å². The largest absolute Gasteiger partial charge is 0.398 e. The van der Waals surface area contributed by atoms with Crippen molar-refractivity contribution in [3.8, 4) is 0 Å². The summed E-state index contributed by atoms with van der Waals surface area (Å²) in [4.78, 5) is 14.4. The fourth-order valence-electron chi connectivity index (χ4n) is 2.43. The second-order valence-corrected chi connectivity index (χ2v) is 5.11. The van der Waals surface area contributed by atoms with Gasteiger partial charge < -0.3 is 16.0 Å². The number of para-hydroxylation sites is 1. The van der Waals surface area contributed by atoms with Gasteiger partial charge in [0, 0.05) is 18.3 Å². The molecule has 3 N–H and O–H groups in total. The summed E-state index contributed by atoms with van der Waals surface area (Å²) < 4.78 is 0. The van der Waals surface area contributed by atoms with Gasteiger partial charge in [0.05, 0.1) is 5.56 Å². The number of nitrogens with one attached hydrogen (secondary N) is 1. The van der Waals surface area contributed by atoms with E-state index in [1.807, 2.05) is 19.1 Å². The second kappa shape index (κ2) is 5.40. The number of nitrogens with two attached hydrogens (primary N) is 1. The Kier molecular flexibility index (Phi) is 3.87. The lowest BCUT2D eigenvalue weighted by Gasteiger charge is -2.30. The zero-order valence-corrected chi connectivity index (χ0v) is 11.1. The Morgan fingerprint density at radius 1 is 1.50 bits per heavy atom. The van der Waals surface area contributed by atoms with Crippen molar-refractivity contribution < 1.29 is 4.79 Å². The van der Waals surface area contributed by atoms with Crippen LogP contribution >= 0.6 is 0 Å². The van der Waals surface area contributed by atoms with Crippen LogP contribution < -0.4 is 11.1 Å². The van der Waals surface area contributed by atoms with Crippen molar-refractivity contribution in [1.82, 2.24) is 10.2 Å². The highest BCUT2D eigenvalue weighted by Crippen LogP contribution is 2.17. The predicted octanol–water partition coefficient (Wildman–Crippen LogP) is 1.40. The average Bonchev–Trinajstić information content (AvgIpc) is 2.32. The number of hydrogen-bond acceptors (Lipinski definition) is 3. The van der Waals surface area contributed by atoms with Crippen LogP contribution in [0.1, 0.15) is 28.8 Å². The summed E-state index contributed by atoms with van der Waals surface area (Å²) in [5, 5.41) is 3.07. The van der Waals surface area contributed by atoms with Crippen LogP contribution in [0.3, 0.4) is 0 Å². The van der Waals surface area contributed by atoms with Gasteiger partial charge in [0.15, 0.2) is 0 Å². The third-order valence-electron chi connectivity index (χ3n) is 3.53. The number of anilines is 1. The molecule has 1 fully saturated rings. The number of carbonyl (C=O) groups excluding carboxylic acids is 1. The molecule has 18 heavy (non-hydrogen) atoms. The first-order valence-corrected chi connectivity index (χ1v) is 6.42. The molecular formula is C14H21N3O. The molecular weight excluding hydrogens is 226 g/mol. The summed E-state index contributed by atoms with van der Waals surface area (Å²) in [6, 6.07) is 5.80. The predicted molar refractivity (Wildman–Crippen MR) is 73.6 cm³/mol. The average molecular weight is 247 g/mol. The number of likely N-dealkylation sites (N-methyl/N-ethyl adjacent to an activating group) is 1. The molecule has 1 aliphatic rings. The van der Waals surface area contributed by atoms with Crippen LogP contribution in [-0.4, -0.2) is 37.0 Å². The van der Waals surface area contributed by atoms with Crippen molar-refractivity contribution in [3.63, 3.8) is 0 Å². The van der Waals surface area contributed by atoms with Gasteiger partial charge in [-0.15, -0.1) is 0 Å². The Bertz CT molecular complexity index is 445. The van der Waals surface area contributed by atoms with Gasteiger partial charge in [-0.2, -0.15) is 0 Å². The molecule has 1 saturated heterocycles. The molecule has 4 heteroatoms. The van der Waals surface area contributed by atoms with Crippen molar-refractivity contribution >= 4 is 11.6 Å². The third kappa shape index (κ3) is 2.82. The fourth-order valence-corrected chi connectivity index (χ4v) is 2.43. The van der Waals surface area contributed by atoms with E-state index in [1.165, 1.54) is 0 Å². The van der Waals surface area contributed by atoms with Gasteiger partial charge in [-0.05, 0) is 45.0 Å². The molecule has 1 heterocycles. The molecule has 1 unspecified atom stereocenters. The third-order valence-corrected chi connectivity index (χ3v) is 3.53. The Morgan fingerprint density at radius 2 is 2.28 bits per heavy atom. The van der Waals surface area contributed by atoms with E-state index in [4.69, 9.17) is 5.73 Å². The summed E-state index contributed by atoms with van der Waals surface area (Å²) >= 11 is 0. The Morgan fingerprint density at radius 3 is 3.00 bits per heavy atom. The van der Waals surface area contributed by atoms with E-state index < -0.39 is 0 Å². The first-order chi connectivity index (χ1) is 8.58. The maximum Gasteiger partial charge on any atom is 0.253 e. The molecule has 98 valence electrons. The number of carbonyl (C=O) groups is 1. The van der Waals surface area contributed by atoms with Crippen LogP contribution in [0.25, 0.3) is 0 Å². The van der Waals surface area contributed by atoms with Crippen LogP contribution in [0.5, 0.6) is 0 Å². The van der Waals surface area contributed by atoms with Gasteiger partial charge >= 0.3 is 0 Å². The number of aryl methyl sites for hydroxylation is 1. The first-order valence-electron chi connectivity index (χ1n) is 6.42. The molecule has 0 bridgehead atoms. The molecule has 0 spiro atoms. The number of nitrogens with zero attached hydrogens (tertiary/aromatic N) is 1. The monoisotopic (exact) mass is 247 g/mol. The standard InChI is InChI=1S/C14H21N3O/c1-10-5-3-7-12(13(10)15)14(18)16-11-6-4-8-17(2)9-11/h3,5,7,11H,4,6,8-9,15H2,1-2H3,(H,16,18). The van der Waals surface area contributed by atoms with Gasteiger partial charge in [0.1, 0.15) is 0 Å². The molecule has 0 saturated carbocycles. The number of amides is 1. The van der Waals surface area contributed by atoms with Crippen LogP contribution in [0.4, 0.5) is 5.69 Å². The van der Waals surface area contributed by atoms with Crippen LogP contribution in [0, 0.1) is 6.92 Å². The summed E-state index contributed by atoms with van der Waals surface area (Å²) in [5.41, 5.74) is 8.06. The number of benzene rings is 1. The van der Waals surface area contributed by atoms with Crippen molar-refractivity contribution in [3.05, 3.63) is 29.3 Å². The van der Waals surface area contributed by atoms with Gasteiger partial charge in [-0.25, -0.2) is 0 Å². The number of piperidine rings is 1. The van der Waals surface area contributed by atoms with Crippen molar-refractivity contribution in [2.24, 2.45) is 0 Å². The minimum atomic E-state index is -0.0588. The van der Waals surface area contributed by atoms with E-state index >= 15 is 0 Å². The number of likely N-dealkylation sites (tertiary alicyclic amines) is 1. The zero-order chi connectivity index (χ0) is 13.1. The molecule has 0 aromatic heterocycles. The second-order valence-electron chi connectivity index (χ2n) is 5.11. The Labute approximate surface area is 108 Å². The molecule has 0 aliphatic carbocycles. The van der Waals surface area contributed by atoms with Crippen LogP contribution in [0.15, 0.2) is 18.2 Å². The van der Waals surface area contributed by atoms with Gasteiger partial charge in [-0.1, -0.05) is 12.1 Å². The van der Waals surface area contributed by atoms with Crippen LogP contribution in [0.2, 0.25) is 0 Å². The van der Waals surface area contributed by atoms with E-state index in [1.54, 1.807) is 6.07 Å². The van der Waals surface area contributed by atoms with Crippen molar-refractivity contribution in [1.29, 1.82) is 0 Å². The SMILES string of the molecule is Cc1cccc(C(=O)NC2CCCN(C)C2)c1N. The molecule has 2 rings (SSSR count). The maximum absolute atomic E-state index is 12.2. The molecule has 1 amide bonds. The summed E-state index contributed by atoms with van der Waals surface area (Å²) in [6.07, 6.45) is 2.17. The van der Waals surface area contributed by atoms with Gasteiger partial charge in [0.2, 0.25) is 0 Å².